The van der Waals surface area contributed by atoms with Crippen molar-refractivity contribution in [3.05, 3.63) is 0 Å². The van der Waals surface area contributed by atoms with Gasteiger partial charge in [-0.1, -0.05) is 27.7 Å². The summed E-state index contributed by atoms with van der Waals surface area (Å²) in [6.45, 7) is 12.6. The standard InChI is InChI=1S/C20H40N4O5/c1-15(2)17(21)19(25)23-5-9-27-10-6-24(20(26)18(22)16(3)4)8-12-29-14-13-28-11-7-23/h15-18H,5-14,21-22H2,1-4H3/p+2/t17-,18-/m0/s1. The highest BCUT2D eigenvalue weighted by molar-refractivity contribution is 5.81. The summed E-state index contributed by atoms with van der Waals surface area (Å²) in [6, 6.07) is -0.586. The van der Waals surface area contributed by atoms with Crippen LogP contribution in [-0.2, 0) is 23.8 Å². The van der Waals surface area contributed by atoms with Gasteiger partial charge < -0.3 is 35.5 Å². The van der Waals surface area contributed by atoms with E-state index in [9.17, 15) is 9.59 Å². The third kappa shape index (κ3) is 9.39. The first-order chi connectivity index (χ1) is 13.8. The molecule has 0 saturated carbocycles. The fourth-order valence-electron chi connectivity index (χ4n) is 2.83. The van der Waals surface area contributed by atoms with Crippen LogP contribution in [0.5, 0.6) is 0 Å². The smallest absolute Gasteiger partial charge is 0.281 e. The average molecular weight is 419 g/mol. The molecule has 2 amide bonds. The first-order valence-electron chi connectivity index (χ1n) is 10.7. The number of hydrogen-bond donors (Lipinski definition) is 2. The van der Waals surface area contributed by atoms with Gasteiger partial charge in [-0.05, 0) is 0 Å². The normalized spacial score (nSPS) is 20.8. The van der Waals surface area contributed by atoms with Gasteiger partial charge in [0.05, 0.1) is 39.6 Å². The lowest BCUT2D eigenvalue weighted by Crippen LogP contribution is -2.70. The number of nitrogens with zero attached hydrogens (tertiary/aromatic N) is 2. The van der Waals surface area contributed by atoms with Gasteiger partial charge in [0.1, 0.15) is 0 Å². The van der Waals surface area contributed by atoms with Gasteiger partial charge in [-0.2, -0.15) is 0 Å². The Morgan fingerprint density at radius 3 is 1.17 bits per heavy atom. The van der Waals surface area contributed by atoms with Crippen LogP contribution in [0.1, 0.15) is 27.7 Å². The van der Waals surface area contributed by atoms with E-state index in [2.05, 4.69) is 11.5 Å². The molecular weight excluding hydrogens is 376 g/mol. The lowest BCUT2D eigenvalue weighted by atomic mass is 10.0. The van der Waals surface area contributed by atoms with Crippen molar-refractivity contribution in [1.82, 2.24) is 9.80 Å². The molecule has 2 atom stereocenters. The number of ether oxygens (including phenoxy) is 3. The summed E-state index contributed by atoms with van der Waals surface area (Å²) in [6.07, 6.45) is 0. The van der Waals surface area contributed by atoms with Gasteiger partial charge in [-0.15, -0.1) is 0 Å². The van der Waals surface area contributed by atoms with Gasteiger partial charge in [0.25, 0.3) is 11.8 Å². The van der Waals surface area contributed by atoms with Gasteiger partial charge in [0.15, 0.2) is 12.1 Å². The molecule has 29 heavy (non-hydrogen) atoms. The summed E-state index contributed by atoms with van der Waals surface area (Å²) < 4.78 is 16.9. The highest BCUT2D eigenvalue weighted by atomic mass is 16.5. The van der Waals surface area contributed by atoms with E-state index in [4.69, 9.17) is 14.2 Å². The quantitative estimate of drug-likeness (QED) is 0.560. The van der Waals surface area contributed by atoms with Crippen molar-refractivity contribution in [2.45, 2.75) is 39.8 Å². The average Bonchev–Trinajstić information content (AvgIpc) is 2.70. The van der Waals surface area contributed by atoms with Crippen molar-refractivity contribution in [2.24, 2.45) is 11.8 Å². The van der Waals surface area contributed by atoms with Gasteiger partial charge in [-0.3, -0.25) is 9.59 Å². The Hall–Kier alpha value is -1.26. The zero-order valence-corrected chi connectivity index (χ0v) is 18.7. The molecule has 170 valence electrons. The second kappa shape index (κ2) is 13.9. The summed E-state index contributed by atoms with van der Waals surface area (Å²) >= 11 is 0. The second-order valence-corrected chi connectivity index (χ2v) is 8.19. The van der Waals surface area contributed by atoms with E-state index in [1.165, 1.54) is 0 Å². The molecule has 0 radical (unpaired) electrons. The molecule has 1 rings (SSSR count). The van der Waals surface area contributed by atoms with Crippen LogP contribution in [0.15, 0.2) is 0 Å². The zero-order valence-electron chi connectivity index (χ0n) is 18.7. The highest BCUT2D eigenvalue weighted by Crippen LogP contribution is 2.04. The van der Waals surface area contributed by atoms with Gasteiger partial charge in [0, 0.05) is 38.0 Å². The molecule has 1 saturated heterocycles. The summed E-state index contributed by atoms with van der Waals surface area (Å²) in [5.41, 5.74) is 8.00. The molecule has 0 aromatic carbocycles. The van der Waals surface area contributed by atoms with Crippen LogP contribution >= 0.6 is 0 Å². The van der Waals surface area contributed by atoms with E-state index in [0.717, 1.165) is 0 Å². The Morgan fingerprint density at radius 2 is 0.897 bits per heavy atom. The third-order valence-electron chi connectivity index (χ3n) is 5.26. The van der Waals surface area contributed by atoms with Crippen molar-refractivity contribution >= 4 is 11.8 Å². The van der Waals surface area contributed by atoms with Gasteiger partial charge >= 0.3 is 0 Å². The largest absolute Gasteiger partial charge is 0.378 e. The Bertz CT molecular complexity index is 447. The Morgan fingerprint density at radius 1 is 0.621 bits per heavy atom. The number of rotatable bonds is 4. The molecule has 0 unspecified atom stereocenters. The molecule has 0 aliphatic carbocycles. The Kier molecular flexibility index (Phi) is 12.3. The molecular formula is C20H42N4O5+2. The predicted octanol–water partition coefficient (Wildman–Crippen LogP) is -1.76. The van der Waals surface area contributed by atoms with Gasteiger partial charge in [0.2, 0.25) is 0 Å². The van der Waals surface area contributed by atoms with E-state index in [0.29, 0.717) is 65.8 Å². The summed E-state index contributed by atoms with van der Waals surface area (Å²) in [5.74, 6) is 0.374. The molecule has 1 heterocycles. The topological polar surface area (TPSA) is 124 Å². The van der Waals surface area contributed by atoms with Crippen LogP contribution in [0.25, 0.3) is 0 Å². The number of amides is 2. The fourth-order valence-corrected chi connectivity index (χ4v) is 2.83. The molecule has 1 aliphatic rings. The van der Waals surface area contributed by atoms with Crippen molar-refractivity contribution in [3.63, 3.8) is 0 Å². The predicted molar refractivity (Wildman–Crippen MR) is 109 cm³/mol. The van der Waals surface area contributed by atoms with Crippen LogP contribution in [0.3, 0.4) is 0 Å². The van der Waals surface area contributed by atoms with E-state index in [-0.39, 0.29) is 35.7 Å². The molecule has 6 N–H and O–H groups in total. The van der Waals surface area contributed by atoms with E-state index >= 15 is 0 Å². The minimum atomic E-state index is -0.293. The SMILES string of the molecule is CC(C)[C@H]([NH3+])C(=O)N1CCOCCOCCN(C(=O)[C@@H]([NH3+])C(C)C)CCOCC1. The van der Waals surface area contributed by atoms with Crippen LogP contribution in [0.2, 0.25) is 0 Å². The highest BCUT2D eigenvalue weighted by Gasteiger charge is 2.28. The molecule has 0 bridgehead atoms. The number of carbonyl (C=O) groups is 2. The van der Waals surface area contributed by atoms with Crippen molar-refractivity contribution in [2.75, 3.05) is 65.8 Å². The molecule has 9 heteroatoms. The zero-order chi connectivity index (χ0) is 21.8. The Labute approximate surface area is 175 Å². The molecule has 0 aromatic heterocycles. The summed E-state index contributed by atoms with van der Waals surface area (Å²) in [7, 11) is 0. The maximum absolute atomic E-state index is 12.7. The monoisotopic (exact) mass is 418 g/mol. The molecule has 9 nitrogen and oxygen atoms in total. The third-order valence-corrected chi connectivity index (χ3v) is 5.26. The van der Waals surface area contributed by atoms with Crippen LogP contribution in [0.4, 0.5) is 0 Å². The lowest BCUT2D eigenvalue weighted by Gasteiger charge is -2.26. The lowest BCUT2D eigenvalue weighted by molar-refractivity contribution is -0.416. The molecule has 0 aromatic rings. The van der Waals surface area contributed by atoms with Crippen LogP contribution in [-0.4, -0.2) is 99.5 Å². The van der Waals surface area contributed by atoms with E-state index in [1.807, 2.05) is 27.7 Å². The van der Waals surface area contributed by atoms with Crippen LogP contribution in [0, 0.1) is 11.8 Å². The minimum absolute atomic E-state index is 0.0152. The number of hydrogen-bond acceptors (Lipinski definition) is 5. The van der Waals surface area contributed by atoms with Crippen molar-refractivity contribution in [1.29, 1.82) is 0 Å². The van der Waals surface area contributed by atoms with E-state index < -0.39 is 0 Å². The van der Waals surface area contributed by atoms with Crippen molar-refractivity contribution in [3.8, 4) is 0 Å². The molecule has 1 aliphatic heterocycles. The van der Waals surface area contributed by atoms with Crippen molar-refractivity contribution < 1.29 is 35.3 Å². The maximum Gasteiger partial charge on any atom is 0.281 e. The summed E-state index contributed by atoms with van der Waals surface area (Å²) in [4.78, 5) is 28.9. The minimum Gasteiger partial charge on any atom is -0.378 e. The van der Waals surface area contributed by atoms with Gasteiger partial charge in [-0.25, -0.2) is 0 Å². The number of quaternary nitrogens is 2. The Balaban J connectivity index is 2.68. The summed E-state index contributed by atoms with van der Waals surface area (Å²) in [5, 5.41) is 0. The first kappa shape index (κ1) is 25.8. The molecule has 0 spiro atoms. The first-order valence-corrected chi connectivity index (χ1v) is 10.7. The fraction of sp³-hybridized carbons (Fsp3) is 0.900. The maximum atomic E-state index is 12.7. The molecule has 1 fully saturated rings. The van der Waals surface area contributed by atoms with E-state index in [1.54, 1.807) is 9.80 Å². The number of carbonyl (C=O) groups excluding carboxylic acids is 2. The van der Waals surface area contributed by atoms with Crippen LogP contribution < -0.4 is 11.5 Å². The second-order valence-electron chi connectivity index (χ2n) is 8.19.